The summed E-state index contributed by atoms with van der Waals surface area (Å²) in [5, 5.41) is 0. The number of hydrogen-bond acceptors (Lipinski definition) is 4. The second-order valence-electron chi connectivity index (χ2n) is 4.72. The van der Waals surface area contributed by atoms with Crippen molar-refractivity contribution in [1.82, 2.24) is 14.8 Å². The fourth-order valence-corrected chi connectivity index (χ4v) is 2.26. The Bertz CT molecular complexity index is 530. The minimum absolute atomic E-state index is 0.0495. The average molecular weight is 275 g/mol. The molecule has 0 radical (unpaired) electrons. The van der Waals surface area contributed by atoms with Crippen molar-refractivity contribution in [2.24, 2.45) is 0 Å². The zero-order valence-corrected chi connectivity index (χ0v) is 11.6. The summed E-state index contributed by atoms with van der Waals surface area (Å²) in [5.41, 5.74) is 0.288. The number of nitrogens with zero attached hydrogens (tertiary/aromatic N) is 3. The molecule has 3 amide bonds. The van der Waals surface area contributed by atoms with Crippen molar-refractivity contribution in [2.45, 2.75) is 25.8 Å². The van der Waals surface area contributed by atoms with Gasteiger partial charge < -0.3 is 4.90 Å². The van der Waals surface area contributed by atoms with Gasteiger partial charge in [0.2, 0.25) is 5.91 Å². The topological polar surface area (TPSA) is 70.6 Å². The summed E-state index contributed by atoms with van der Waals surface area (Å²) in [5.74, 6) is -0.892. The van der Waals surface area contributed by atoms with Crippen LogP contribution in [0.1, 0.15) is 30.3 Å². The van der Waals surface area contributed by atoms with Gasteiger partial charge in [0.15, 0.2) is 0 Å². The number of amides is 3. The number of imide groups is 1. The Balaban J connectivity index is 2.26. The monoisotopic (exact) mass is 275 g/mol. The van der Waals surface area contributed by atoms with E-state index in [1.54, 1.807) is 18.2 Å². The van der Waals surface area contributed by atoms with Gasteiger partial charge in [-0.15, -0.1) is 0 Å². The van der Waals surface area contributed by atoms with Crippen LogP contribution in [0.3, 0.4) is 0 Å². The number of hydrogen-bond donors (Lipinski definition) is 0. The second-order valence-corrected chi connectivity index (χ2v) is 4.72. The first-order valence-electron chi connectivity index (χ1n) is 6.58. The van der Waals surface area contributed by atoms with Crippen LogP contribution in [0, 0.1) is 0 Å². The molecule has 1 fully saturated rings. The van der Waals surface area contributed by atoms with Crippen LogP contribution in [-0.2, 0) is 9.59 Å². The fourth-order valence-electron chi connectivity index (χ4n) is 2.26. The molecule has 2 heterocycles. The van der Waals surface area contributed by atoms with E-state index in [9.17, 15) is 14.4 Å². The molecule has 0 unspecified atom stereocenters. The molecule has 0 spiro atoms. The smallest absolute Gasteiger partial charge is 0.273 e. The van der Waals surface area contributed by atoms with Crippen LogP contribution in [-0.4, -0.2) is 52.1 Å². The Morgan fingerprint density at radius 1 is 1.45 bits per heavy atom. The average Bonchev–Trinajstić information content (AvgIpc) is 2.72. The summed E-state index contributed by atoms with van der Waals surface area (Å²) in [6.45, 7) is 2.34. The Kier molecular flexibility index (Phi) is 4.12. The first-order chi connectivity index (χ1) is 9.56. The third-order valence-electron chi connectivity index (χ3n) is 3.34. The molecule has 20 heavy (non-hydrogen) atoms. The van der Waals surface area contributed by atoms with Gasteiger partial charge in [-0.25, -0.2) is 0 Å². The first-order valence-corrected chi connectivity index (χ1v) is 6.58. The van der Waals surface area contributed by atoms with Gasteiger partial charge in [0, 0.05) is 19.8 Å². The number of aromatic nitrogens is 1. The van der Waals surface area contributed by atoms with Gasteiger partial charge in [-0.1, -0.05) is 13.0 Å². The van der Waals surface area contributed by atoms with Crippen molar-refractivity contribution in [1.29, 1.82) is 0 Å². The van der Waals surface area contributed by atoms with E-state index in [1.165, 1.54) is 18.1 Å². The maximum absolute atomic E-state index is 12.5. The van der Waals surface area contributed by atoms with E-state index in [1.807, 2.05) is 6.92 Å². The van der Waals surface area contributed by atoms with Crippen LogP contribution in [0.2, 0.25) is 0 Å². The first kappa shape index (κ1) is 14.2. The molecular formula is C14H17N3O3. The SMILES string of the molecule is CCCN(C(=O)c1ccccn1)[C@@H]1CC(=O)N(C)C1=O. The molecule has 0 saturated carbocycles. The number of carbonyl (C=O) groups excluding carboxylic acids is 3. The Morgan fingerprint density at radius 2 is 2.20 bits per heavy atom. The van der Waals surface area contributed by atoms with Crippen LogP contribution in [0.25, 0.3) is 0 Å². The number of rotatable bonds is 4. The van der Waals surface area contributed by atoms with Crippen molar-refractivity contribution < 1.29 is 14.4 Å². The van der Waals surface area contributed by atoms with Gasteiger partial charge in [-0.3, -0.25) is 24.3 Å². The maximum Gasteiger partial charge on any atom is 0.273 e. The normalized spacial score (nSPS) is 18.5. The van der Waals surface area contributed by atoms with Crippen LogP contribution >= 0.6 is 0 Å². The van der Waals surface area contributed by atoms with Crippen LogP contribution < -0.4 is 0 Å². The summed E-state index contributed by atoms with van der Waals surface area (Å²) in [7, 11) is 1.44. The summed E-state index contributed by atoms with van der Waals surface area (Å²) in [6.07, 6.45) is 2.29. The third-order valence-corrected chi connectivity index (χ3v) is 3.34. The van der Waals surface area contributed by atoms with Crippen LogP contribution in [0.15, 0.2) is 24.4 Å². The van der Waals surface area contributed by atoms with Crippen molar-refractivity contribution >= 4 is 17.7 Å². The van der Waals surface area contributed by atoms with E-state index in [0.717, 1.165) is 4.90 Å². The molecule has 106 valence electrons. The summed E-state index contributed by atoms with van der Waals surface area (Å²) in [6, 6.07) is 4.34. The molecule has 1 aromatic heterocycles. The molecule has 1 atom stereocenters. The molecule has 0 aliphatic carbocycles. The minimum Gasteiger partial charge on any atom is -0.325 e. The predicted molar refractivity (Wildman–Crippen MR) is 71.7 cm³/mol. The molecule has 0 N–H and O–H groups in total. The highest BCUT2D eigenvalue weighted by atomic mass is 16.2. The standard InChI is InChI=1S/C14H17N3O3/c1-3-8-17(11-9-12(18)16(2)14(11)20)13(19)10-6-4-5-7-15-10/h4-7,11H,3,8-9H2,1-2H3/t11-/m1/s1. The van der Waals surface area contributed by atoms with Gasteiger partial charge in [0.05, 0.1) is 6.42 Å². The second kappa shape index (κ2) is 5.81. The Morgan fingerprint density at radius 3 is 2.70 bits per heavy atom. The highest BCUT2D eigenvalue weighted by Crippen LogP contribution is 2.19. The molecular weight excluding hydrogens is 258 g/mol. The largest absolute Gasteiger partial charge is 0.325 e. The van der Waals surface area contributed by atoms with Gasteiger partial charge in [0.1, 0.15) is 11.7 Å². The molecule has 6 heteroatoms. The van der Waals surface area contributed by atoms with E-state index in [2.05, 4.69) is 4.98 Å². The van der Waals surface area contributed by atoms with Crippen molar-refractivity contribution in [2.75, 3.05) is 13.6 Å². The van der Waals surface area contributed by atoms with Gasteiger partial charge in [0.25, 0.3) is 11.8 Å². The highest BCUT2D eigenvalue weighted by molar-refractivity contribution is 6.07. The summed E-state index contributed by atoms with van der Waals surface area (Å²) >= 11 is 0. The lowest BCUT2D eigenvalue weighted by Crippen LogP contribution is -2.45. The summed E-state index contributed by atoms with van der Waals surface area (Å²) < 4.78 is 0. The number of pyridine rings is 1. The van der Waals surface area contributed by atoms with Crippen LogP contribution in [0.4, 0.5) is 0 Å². The van der Waals surface area contributed by atoms with E-state index >= 15 is 0 Å². The molecule has 1 aliphatic heterocycles. The van der Waals surface area contributed by atoms with Crippen molar-refractivity contribution in [3.05, 3.63) is 30.1 Å². The minimum atomic E-state index is -0.707. The molecule has 1 aliphatic rings. The fraction of sp³-hybridized carbons (Fsp3) is 0.429. The molecule has 0 aromatic carbocycles. The van der Waals surface area contributed by atoms with Gasteiger partial charge >= 0.3 is 0 Å². The number of likely N-dealkylation sites (tertiary alicyclic amines) is 1. The third kappa shape index (κ3) is 2.54. The zero-order chi connectivity index (χ0) is 14.7. The molecule has 2 rings (SSSR count). The lowest BCUT2D eigenvalue weighted by Gasteiger charge is -2.26. The quantitative estimate of drug-likeness (QED) is 0.758. The lowest BCUT2D eigenvalue weighted by molar-refractivity contribution is -0.137. The van der Waals surface area contributed by atoms with Gasteiger partial charge in [-0.05, 0) is 18.6 Å². The number of carbonyl (C=O) groups is 3. The van der Waals surface area contributed by atoms with E-state index in [0.29, 0.717) is 13.0 Å². The molecule has 1 aromatic rings. The van der Waals surface area contributed by atoms with E-state index in [4.69, 9.17) is 0 Å². The lowest BCUT2D eigenvalue weighted by atomic mass is 10.1. The zero-order valence-electron chi connectivity index (χ0n) is 11.6. The van der Waals surface area contributed by atoms with Crippen molar-refractivity contribution in [3.63, 3.8) is 0 Å². The van der Waals surface area contributed by atoms with E-state index in [-0.39, 0.29) is 29.8 Å². The maximum atomic E-state index is 12.5. The van der Waals surface area contributed by atoms with Crippen LogP contribution in [0.5, 0.6) is 0 Å². The molecule has 1 saturated heterocycles. The summed E-state index contributed by atoms with van der Waals surface area (Å²) in [4.78, 5) is 42.7. The molecule has 0 bridgehead atoms. The van der Waals surface area contributed by atoms with Crippen molar-refractivity contribution in [3.8, 4) is 0 Å². The van der Waals surface area contributed by atoms with Gasteiger partial charge in [-0.2, -0.15) is 0 Å². The molecule has 6 nitrogen and oxygen atoms in total. The Labute approximate surface area is 117 Å². The number of likely N-dealkylation sites (N-methyl/N-ethyl adjacent to an activating group) is 1. The van der Waals surface area contributed by atoms with E-state index < -0.39 is 6.04 Å². The predicted octanol–water partition coefficient (Wildman–Crippen LogP) is 0.691. The highest BCUT2D eigenvalue weighted by Gasteiger charge is 2.41. The Hall–Kier alpha value is -2.24.